The molecule has 6 nitrogen and oxygen atoms in total. The van der Waals surface area contributed by atoms with Crippen molar-refractivity contribution in [3.63, 3.8) is 0 Å². The smallest absolute Gasteiger partial charge is 0.326 e. The average molecular weight is 427 g/mol. The first-order chi connectivity index (χ1) is 12.3. The standard InChI is InChI=1S/C17H28Cl2N2O4S/c1-11(22)20-15(17(24)25)8-12-2-4-14(5-3-12)21-16(23)9-13(19)10-26-7-6-18/h12-15H,2-10H2,1H3,(H,20,22)(H,21,23)(H,24,25). The fraction of sp³-hybridized carbons (Fsp3) is 0.824. The van der Waals surface area contributed by atoms with Crippen LogP contribution in [0.4, 0.5) is 0 Å². The fourth-order valence-electron chi connectivity index (χ4n) is 3.16. The maximum absolute atomic E-state index is 12.1. The van der Waals surface area contributed by atoms with Gasteiger partial charge in [0.1, 0.15) is 6.04 Å². The minimum atomic E-state index is -1.00. The Labute approximate surface area is 169 Å². The highest BCUT2D eigenvalue weighted by Gasteiger charge is 2.28. The Morgan fingerprint density at radius 1 is 1.23 bits per heavy atom. The van der Waals surface area contributed by atoms with Crippen molar-refractivity contribution in [3.05, 3.63) is 0 Å². The molecule has 1 saturated carbocycles. The van der Waals surface area contributed by atoms with E-state index in [4.69, 9.17) is 23.2 Å². The molecule has 26 heavy (non-hydrogen) atoms. The topological polar surface area (TPSA) is 95.5 Å². The largest absolute Gasteiger partial charge is 0.480 e. The van der Waals surface area contributed by atoms with Gasteiger partial charge in [0.05, 0.1) is 5.38 Å². The van der Waals surface area contributed by atoms with Gasteiger partial charge in [0.25, 0.3) is 0 Å². The number of carbonyl (C=O) groups excluding carboxylic acids is 2. The van der Waals surface area contributed by atoms with Gasteiger partial charge >= 0.3 is 5.97 Å². The molecule has 1 fully saturated rings. The molecule has 150 valence electrons. The zero-order valence-electron chi connectivity index (χ0n) is 15.0. The summed E-state index contributed by atoms with van der Waals surface area (Å²) in [5.74, 6) is 0.967. The third-order valence-electron chi connectivity index (χ3n) is 4.38. The minimum Gasteiger partial charge on any atom is -0.480 e. The maximum Gasteiger partial charge on any atom is 0.326 e. The summed E-state index contributed by atoms with van der Waals surface area (Å²) in [5.41, 5.74) is 0. The van der Waals surface area contributed by atoms with E-state index in [1.165, 1.54) is 6.92 Å². The highest BCUT2D eigenvalue weighted by atomic mass is 35.5. The molecular formula is C17H28Cl2N2O4S. The van der Waals surface area contributed by atoms with Crippen LogP contribution in [0.15, 0.2) is 0 Å². The Kier molecular flexibility index (Phi) is 11.4. The molecule has 1 rings (SSSR count). The third kappa shape index (κ3) is 9.88. The van der Waals surface area contributed by atoms with Crippen molar-refractivity contribution in [1.82, 2.24) is 10.6 Å². The van der Waals surface area contributed by atoms with Crippen LogP contribution in [0.3, 0.4) is 0 Å². The van der Waals surface area contributed by atoms with Crippen LogP contribution >= 0.6 is 35.0 Å². The third-order valence-corrected chi connectivity index (χ3v) is 6.42. The van der Waals surface area contributed by atoms with Crippen LogP contribution < -0.4 is 10.6 Å². The van der Waals surface area contributed by atoms with Crippen LogP contribution in [-0.2, 0) is 14.4 Å². The highest BCUT2D eigenvalue weighted by Crippen LogP contribution is 2.28. The molecule has 2 amide bonds. The molecule has 3 N–H and O–H groups in total. The molecule has 0 aromatic heterocycles. The molecular weight excluding hydrogens is 399 g/mol. The van der Waals surface area contributed by atoms with Crippen LogP contribution in [0.2, 0.25) is 0 Å². The van der Waals surface area contributed by atoms with Gasteiger partial charge in [-0.2, -0.15) is 11.8 Å². The second-order valence-electron chi connectivity index (χ2n) is 6.68. The van der Waals surface area contributed by atoms with Gasteiger partial charge in [0.15, 0.2) is 0 Å². The monoisotopic (exact) mass is 426 g/mol. The van der Waals surface area contributed by atoms with Crippen molar-refractivity contribution in [2.75, 3.05) is 17.4 Å². The summed E-state index contributed by atoms with van der Waals surface area (Å²) in [4.78, 5) is 34.4. The lowest BCUT2D eigenvalue weighted by Crippen LogP contribution is -2.43. The first kappa shape index (κ1) is 23.4. The minimum absolute atomic E-state index is 0.0402. The van der Waals surface area contributed by atoms with E-state index in [9.17, 15) is 19.5 Å². The maximum atomic E-state index is 12.1. The summed E-state index contributed by atoms with van der Waals surface area (Å²) in [6.45, 7) is 1.32. The highest BCUT2D eigenvalue weighted by molar-refractivity contribution is 7.99. The summed E-state index contributed by atoms with van der Waals surface area (Å²) in [6, 6.07) is -0.728. The Bertz CT molecular complexity index is 474. The average Bonchev–Trinajstić information content (AvgIpc) is 2.55. The van der Waals surface area contributed by atoms with E-state index in [0.717, 1.165) is 31.4 Å². The van der Waals surface area contributed by atoms with E-state index in [0.29, 0.717) is 24.5 Å². The van der Waals surface area contributed by atoms with Crippen LogP contribution in [0, 0.1) is 5.92 Å². The Hall–Kier alpha value is -0.660. The van der Waals surface area contributed by atoms with Gasteiger partial charge in [-0.1, -0.05) is 0 Å². The SMILES string of the molecule is CC(=O)NC(CC1CCC(NC(=O)CC(Cl)CSCCCl)CC1)C(=O)O. The second-order valence-corrected chi connectivity index (χ2v) is 8.82. The molecule has 9 heteroatoms. The van der Waals surface area contributed by atoms with Crippen LogP contribution in [0.5, 0.6) is 0 Å². The van der Waals surface area contributed by atoms with E-state index in [-0.39, 0.29) is 29.2 Å². The van der Waals surface area contributed by atoms with Crippen LogP contribution in [0.1, 0.15) is 45.4 Å². The molecule has 0 heterocycles. The molecule has 0 aliphatic heterocycles. The quantitative estimate of drug-likeness (QED) is 0.348. The lowest BCUT2D eigenvalue weighted by molar-refractivity contribution is -0.142. The molecule has 0 bridgehead atoms. The van der Waals surface area contributed by atoms with Gasteiger partial charge in [0.2, 0.25) is 11.8 Å². The van der Waals surface area contributed by atoms with Crippen molar-refractivity contribution in [2.45, 2.75) is 62.9 Å². The molecule has 2 unspecified atom stereocenters. The Morgan fingerprint density at radius 2 is 1.88 bits per heavy atom. The number of nitrogens with one attached hydrogen (secondary N) is 2. The van der Waals surface area contributed by atoms with E-state index < -0.39 is 12.0 Å². The lowest BCUT2D eigenvalue weighted by Gasteiger charge is -2.30. The van der Waals surface area contributed by atoms with Gasteiger partial charge in [0, 0.05) is 36.8 Å². The van der Waals surface area contributed by atoms with E-state index in [1.54, 1.807) is 11.8 Å². The van der Waals surface area contributed by atoms with Gasteiger partial charge in [-0.3, -0.25) is 9.59 Å². The van der Waals surface area contributed by atoms with Crippen molar-refractivity contribution in [2.24, 2.45) is 5.92 Å². The number of hydrogen-bond acceptors (Lipinski definition) is 4. The Morgan fingerprint density at radius 3 is 2.42 bits per heavy atom. The number of halogens is 2. The zero-order valence-corrected chi connectivity index (χ0v) is 17.3. The molecule has 0 radical (unpaired) electrons. The van der Waals surface area contributed by atoms with E-state index in [2.05, 4.69) is 10.6 Å². The molecule has 1 aliphatic rings. The van der Waals surface area contributed by atoms with Gasteiger partial charge < -0.3 is 15.7 Å². The van der Waals surface area contributed by atoms with Gasteiger partial charge in [-0.25, -0.2) is 4.79 Å². The molecule has 0 saturated heterocycles. The predicted octanol–water partition coefficient (Wildman–Crippen LogP) is 2.61. The summed E-state index contributed by atoms with van der Waals surface area (Å²) in [7, 11) is 0. The number of carboxylic acids is 1. The molecule has 1 aliphatic carbocycles. The molecule has 2 atom stereocenters. The van der Waals surface area contributed by atoms with Gasteiger partial charge in [-0.05, 0) is 38.0 Å². The molecule has 0 spiro atoms. The number of carbonyl (C=O) groups is 3. The number of thioether (sulfide) groups is 1. The number of rotatable bonds is 11. The zero-order chi connectivity index (χ0) is 19.5. The summed E-state index contributed by atoms with van der Waals surface area (Å²) < 4.78 is 0. The van der Waals surface area contributed by atoms with Crippen molar-refractivity contribution in [3.8, 4) is 0 Å². The van der Waals surface area contributed by atoms with Crippen molar-refractivity contribution in [1.29, 1.82) is 0 Å². The normalized spacial score (nSPS) is 22.3. The number of aliphatic carboxylic acids is 1. The Balaban J connectivity index is 2.29. The van der Waals surface area contributed by atoms with Crippen molar-refractivity contribution >= 4 is 52.7 Å². The predicted molar refractivity (Wildman–Crippen MR) is 106 cm³/mol. The van der Waals surface area contributed by atoms with E-state index in [1.807, 2.05) is 0 Å². The number of amides is 2. The number of hydrogen-bond donors (Lipinski definition) is 3. The van der Waals surface area contributed by atoms with Crippen LogP contribution in [-0.4, -0.2) is 57.7 Å². The van der Waals surface area contributed by atoms with Crippen molar-refractivity contribution < 1.29 is 19.5 Å². The lowest BCUT2D eigenvalue weighted by atomic mass is 9.82. The number of carboxylic acid groups (broad SMARTS) is 1. The summed E-state index contributed by atoms with van der Waals surface area (Å²) in [6.07, 6.45) is 4.03. The first-order valence-corrected chi connectivity index (χ1v) is 11.0. The van der Waals surface area contributed by atoms with E-state index >= 15 is 0 Å². The first-order valence-electron chi connectivity index (χ1n) is 8.88. The molecule has 0 aromatic rings. The fourth-order valence-corrected chi connectivity index (χ4v) is 4.54. The summed E-state index contributed by atoms with van der Waals surface area (Å²) in [5, 5.41) is 14.5. The van der Waals surface area contributed by atoms with Gasteiger partial charge in [-0.15, -0.1) is 23.2 Å². The second kappa shape index (κ2) is 12.7. The molecule has 0 aromatic carbocycles. The number of alkyl halides is 2. The summed E-state index contributed by atoms with van der Waals surface area (Å²) >= 11 is 13.4. The van der Waals surface area contributed by atoms with Crippen LogP contribution in [0.25, 0.3) is 0 Å².